The second kappa shape index (κ2) is 7.63. The van der Waals surface area contributed by atoms with Gasteiger partial charge in [-0.3, -0.25) is 5.43 Å². The molecule has 0 saturated carbocycles. The van der Waals surface area contributed by atoms with Crippen molar-refractivity contribution in [3.63, 3.8) is 0 Å². The van der Waals surface area contributed by atoms with Crippen molar-refractivity contribution in [2.45, 2.75) is 19.8 Å². The summed E-state index contributed by atoms with van der Waals surface area (Å²) in [6.45, 7) is 2.33. The number of nitrogens with one attached hydrogen (secondary N) is 1. The van der Waals surface area contributed by atoms with Gasteiger partial charge in [-0.25, -0.2) is 8.78 Å². The van der Waals surface area contributed by atoms with E-state index in [1.165, 1.54) is 6.21 Å². The first-order valence-electron chi connectivity index (χ1n) is 5.75. The molecule has 0 radical (unpaired) electrons. The van der Waals surface area contributed by atoms with Crippen LogP contribution in [0, 0.1) is 11.6 Å². The van der Waals surface area contributed by atoms with Crippen molar-refractivity contribution in [1.82, 2.24) is 5.43 Å². The van der Waals surface area contributed by atoms with Crippen molar-refractivity contribution >= 4 is 23.5 Å². The summed E-state index contributed by atoms with van der Waals surface area (Å²) in [6.07, 6.45) is 2.89. The third-order valence-corrected chi connectivity index (χ3v) is 2.25. The maximum atomic E-state index is 13.6. The molecule has 1 aromatic rings. The molecule has 0 atom stereocenters. The number of benzene rings is 1. The van der Waals surface area contributed by atoms with Gasteiger partial charge in [-0.2, -0.15) is 5.10 Å². The Balaban J connectivity index is 2.92. The molecule has 0 bridgehead atoms. The summed E-state index contributed by atoms with van der Waals surface area (Å²) in [5.74, 6) is -1.52. The zero-order valence-electron chi connectivity index (χ0n) is 10.5. The molecule has 0 heterocycles. The number of unbranched alkanes of at least 4 members (excludes halogenated alkanes) is 1. The fraction of sp³-hybridized carbons (Fsp3) is 0.333. The van der Waals surface area contributed by atoms with Gasteiger partial charge in [0.2, 0.25) is 0 Å². The topological polar surface area (TPSA) is 59.6 Å². The first kappa shape index (κ1) is 15.3. The summed E-state index contributed by atoms with van der Waals surface area (Å²) in [6, 6.07) is 1.88. The maximum absolute atomic E-state index is 13.6. The smallest absolute Gasteiger partial charge is 0.184 e. The van der Waals surface area contributed by atoms with E-state index in [1.54, 1.807) is 0 Å². The van der Waals surface area contributed by atoms with E-state index in [0.29, 0.717) is 6.61 Å². The molecule has 7 heteroatoms. The number of thiocarbonyl (C=S) groups is 1. The molecule has 0 aliphatic carbocycles. The number of nitrogens with zero attached hydrogens (tertiary/aromatic N) is 1. The largest absolute Gasteiger partial charge is 0.490 e. The van der Waals surface area contributed by atoms with E-state index in [-0.39, 0.29) is 16.4 Å². The van der Waals surface area contributed by atoms with Gasteiger partial charge in [-0.1, -0.05) is 13.3 Å². The number of nitrogens with two attached hydrogens (primary N) is 1. The van der Waals surface area contributed by atoms with Crippen molar-refractivity contribution in [1.29, 1.82) is 0 Å². The fourth-order valence-electron chi connectivity index (χ4n) is 1.31. The number of ether oxygens (including phenoxy) is 1. The highest BCUT2D eigenvalue weighted by molar-refractivity contribution is 7.80. The van der Waals surface area contributed by atoms with Gasteiger partial charge in [0.15, 0.2) is 16.7 Å². The van der Waals surface area contributed by atoms with Crippen molar-refractivity contribution < 1.29 is 13.5 Å². The van der Waals surface area contributed by atoms with E-state index in [1.807, 2.05) is 6.92 Å². The summed E-state index contributed by atoms with van der Waals surface area (Å²) in [7, 11) is 0. The van der Waals surface area contributed by atoms with E-state index < -0.39 is 11.6 Å². The normalized spacial score (nSPS) is 10.7. The molecule has 0 spiro atoms. The highest BCUT2D eigenvalue weighted by Crippen LogP contribution is 2.23. The van der Waals surface area contributed by atoms with Crippen LogP contribution in [0.25, 0.3) is 0 Å². The van der Waals surface area contributed by atoms with Gasteiger partial charge in [-0.15, -0.1) is 0 Å². The molecule has 0 aliphatic heterocycles. The predicted octanol–water partition coefficient (Wildman–Crippen LogP) is 2.31. The predicted molar refractivity (Wildman–Crippen MR) is 74.3 cm³/mol. The number of halogens is 2. The molecule has 1 rings (SSSR count). The zero-order chi connectivity index (χ0) is 14.3. The second-order valence-corrected chi connectivity index (χ2v) is 4.18. The average molecular weight is 287 g/mol. The average Bonchev–Trinajstić information content (AvgIpc) is 2.32. The Bertz CT molecular complexity index is 480. The summed E-state index contributed by atoms with van der Waals surface area (Å²) in [5, 5.41) is 3.62. The molecule has 0 aromatic heterocycles. The van der Waals surface area contributed by atoms with Crippen molar-refractivity contribution in [3.8, 4) is 5.75 Å². The fourth-order valence-corrected chi connectivity index (χ4v) is 1.37. The van der Waals surface area contributed by atoms with Gasteiger partial charge in [-0.05, 0) is 24.7 Å². The minimum absolute atomic E-state index is 0.0386. The minimum atomic E-state index is -0.770. The molecule has 19 heavy (non-hydrogen) atoms. The van der Waals surface area contributed by atoms with Crippen LogP contribution in [0.15, 0.2) is 17.2 Å². The first-order chi connectivity index (χ1) is 9.04. The lowest BCUT2D eigenvalue weighted by atomic mass is 10.2. The van der Waals surface area contributed by atoms with Crippen molar-refractivity contribution in [3.05, 3.63) is 29.3 Å². The van der Waals surface area contributed by atoms with Crippen LogP contribution in [0.5, 0.6) is 5.75 Å². The quantitative estimate of drug-likeness (QED) is 0.365. The number of hydrogen-bond acceptors (Lipinski definition) is 3. The van der Waals surface area contributed by atoms with Gasteiger partial charge in [0.25, 0.3) is 0 Å². The van der Waals surface area contributed by atoms with Crippen LogP contribution >= 0.6 is 12.2 Å². The third kappa shape index (κ3) is 5.17. The van der Waals surface area contributed by atoms with E-state index in [0.717, 1.165) is 25.0 Å². The van der Waals surface area contributed by atoms with Gasteiger partial charge in [0, 0.05) is 11.6 Å². The minimum Gasteiger partial charge on any atom is -0.490 e. The second-order valence-electron chi connectivity index (χ2n) is 3.74. The Labute approximate surface area is 115 Å². The maximum Gasteiger partial charge on any atom is 0.184 e. The lowest BCUT2D eigenvalue weighted by Crippen LogP contribution is -2.24. The van der Waals surface area contributed by atoms with Crippen LogP contribution in [-0.2, 0) is 0 Å². The molecule has 0 fully saturated rings. The van der Waals surface area contributed by atoms with E-state index in [9.17, 15) is 8.78 Å². The molecule has 1 aromatic carbocycles. The standard InChI is InChI=1S/C12H15F2N3OS/c1-2-3-4-18-11-8(7-16-17-12(15)19)5-9(13)6-10(11)14/h5-7H,2-4H2,1H3,(H3,15,17,19). The Morgan fingerprint density at radius 1 is 1.53 bits per heavy atom. The molecule has 3 N–H and O–H groups in total. The van der Waals surface area contributed by atoms with Crippen LogP contribution in [0.4, 0.5) is 8.78 Å². The van der Waals surface area contributed by atoms with Crippen LogP contribution < -0.4 is 15.9 Å². The van der Waals surface area contributed by atoms with Crippen LogP contribution in [0.3, 0.4) is 0 Å². The lowest BCUT2D eigenvalue weighted by Gasteiger charge is -2.09. The number of hydrazone groups is 1. The molecular formula is C12H15F2N3OS. The third-order valence-electron chi connectivity index (χ3n) is 2.16. The Morgan fingerprint density at radius 2 is 2.26 bits per heavy atom. The number of hydrogen-bond donors (Lipinski definition) is 2. The molecule has 104 valence electrons. The molecular weight excluding hydrogens is 272 g/mol. The zero-order valence-corrected chi connectivity index (χ0v) is 11.3. The Morgan fingerprint density at radius 3 is 2.89 bits per heavy atom. The molecule has 4 nitrogen and oxygen atoms in total. The summed E-state index contributed by atoms with van der Waals surface area (Å²) < 4.78 is 32.1. The Kier molecular flexibility index (Phi) is 6.14. The van der Waals surface area contributed by atoms with E-state index >= 15 is 0 Å². The lowest BCUT2D eigenvalue weighted by molar-refractivity contribution is 0.293. The summed E-state index contributed by atoms with van der Waals surface area (Å²) >= 11 is 4.55. The van der Waals surface area contributed by atoms with E-state index in [4.69, 9.17) is 10.5 Å². The molecule has 0 unspecified atom stereocenters. The van der Waals surface area contributed by atoms with Crippen molar-refractivity contribution in [2.24, 2.45) is 10.8 Å². The van der Waals surface area contributed by atoms with Gasteiger partial charge in [0.05, 0.1) is 12.8 Å². The highest BCUT2D eigenvalue weighted by atomic mass is 32.1. The van der Waals surface area contributed by atoms with Gasteiger partial charge in [0.1, 0.15) is 5.82 Å². The molecule has 0 amide bonds. The van der Waals surface area contributed by atoms with Crippen LogP contribution in [0.2, 0.25) is 0 Å². The Hall–Kier alpha value is -1.76. The molecule has 0 aliphatic rings. The van der Waals surface area contributed by atoms with Gasteiger partial charge < -0.3 is 10.5 Å². The highest BCUT2D eigenvalue weighted by Gasteiger charge is 2.11. The van der Waals surface area contributed by atoms with Crippen LogP contribution in [0.1, 0.15) is 25.3 Å². The SMILES string of the molecule is CCCCOc1c(F)cc(F)cc1C=NNC(N)=S. The summed E-state index contributed by atoms with van der Waals surface area (Å²) in [5.41, 5.74) is 7.66. The van der Waals surface area contributed by atoms with Gasteiger partial charge >= 0.3 is 0 Å². The monoisotopic (exact) mass is 287 g/mol. The van der Waals surface area contributed by atoms with Crippen LogP contribution in [-0.4, -0.2) is 17.9 Å². The summed E-state index contributed by atoms with van der Waals surface area (Å²) in [4.78, 5) is 0. The van der Waals surface area contributed by atoms with E-state index in [2.05, 4.69) is 22.7 Å². The number of rotatable bonds is 6. The van der Waals surface area contributed by atoms with Crippen molar-refractivity contribution in [2.75, 3.05) is 6.61 Å². The molecule has 0 saturated heterocycles. The first-order valence-corrected chi connectivity index (χ1v) is 6.15.